The molecular formula is C9H13BrO. The van der Waals surface area contributed by atoms with E-state index in [1.54, 1.807) is 0 Å². The zero-order valence-electron chi connectivity index (χ0n) is 6.41. The minimum atomic E-state index is -0.0263. The Morgan fingerprint density at radius 3 is 2.64 bits per heavy atom. The number of aliphatic hydroxyl groups excluding tert-OH is 1. The zero-order valence-corrected chi connectivity index (χ0v) is 8.00. The Morgan fingerprint density at radius 1 is 1.18 bits per heavy atom. The summed E-state index contributed by atoms with van der Waals surface area (Å²) >= 11 is 3.63. The zero-order chi connectivity index (χ0) is 7.59. The average molecular weight is 217 g/mol. The van der Waals surface area contributed by atoms with E-state index in [4.69, 9.17) is 0 Å². The van der Waals surface area contributed by atoms with Crippen LogP contribution in [0.5, 0.6) is 0 Å². The number of hydrogen-bond acceptors (Lipinski definition) is 1. The quantitative estimate of drug-likeness (QED) is 0.613. The van der Waals surface area contributed by atoms with Crippen molar-refractivity contribution in [2.75, 3.05) is 0 Å². The van der Waals surface area contributed by atoms with E-state index in [0.717, 1.165) is 17.8 Å². The van der Waals surface area contributed by atoms with Crippen molar-refractivity contribution in [1.29, 1.82) is 0 Å². The van der Waals surface area contributed by atoms with E-state index < -0.39 is 0 Å². The summed E-state index contributed by atoms with van der Waals surface area (Å²) in [5.74, 6) is 3.32. The van der Waals surface area contributed by atoms with E-state index in [9.17, 15) is 5.11 Å². The van der Waals surface area contributed by atoms with Crippen LogP contribution in [0.2, 0.25) is 0 Å². The minimum absolute atomic E-state index is 0.0263. The molecule has 0 radical (unpaired) electrons. The van der Waals surface area contributed by atoms with Gasteiger partial charge in [-0.2, -0.15) is 0 Å². The van der Waals surface area contributed by atoms with Crippen molar-refractivity contribution < 1.29 is 5.11 Å². The van der Waals surface area contributed by atoms with Crippen molar-refractivity contribution in [2.24, 2.45) is 23.7 Å². The third-order valence-corrected chi connectivity index (χ3v) is 5.32. The number of alkyl halides is 1. The molecule has 62 valence electrons. The molecule has 3 fully saturated rings. The van der Waals surface area contributed by atoms with Crippen molar-refractivity contribution in [3.05, 3.63) is 0 Å². The van der Waals surface area contributed by atoms with Crippen molar-refractivity contribution in [3.63, 3.8) is 0 Å². The van der Waals surface area contributed by atoms with E-state index >= 15 is 0 Å². The second kappa shape index (κ2) is 2.02. The molecule has 3 aliphatic rings. The highest BCUT2D eigenvalue weighted by atomic mass is 79.9. The van der Waals surface area contributed by atoms with Crippen LogP contribution in [0.3, 0.4) is 0 Å². The van der Waals surface area contributed by atoms with Gasteiger partial charge in [0.2, 0.25) is 0 Å². The van der Waals surface area contributed by atoms with E-state index in [1.165, 1.54) is 19.3 Å². The third-order valence-electron chi connectivity index (χ3n) is 4.17. The molecular weight excluding hydrogens is 204 g/mol. The lowest BCUT2D eigenvalue weighted by molar-refractivity contribution is 0.0869. The Hall–Kier alpha value is 0.440. The van der Waals surface area contributed by atoms with Crippen LogP contribution >= 0.6 is 15.9 Å². The molecule has 0 saturated heterocycles. The Bertz CT molecular complexity index is 194. The lowest BCUT2D eigenvalue weighted by atomic mass is 9.84. The summed E-state index contributed by atoms with van der Waals surface area (Å²) < 4.78 is 0. The maximum absolute atomic E-state index is 9.76. The predicted octanol–water partition coefficient (Wildman–Crippen LogP) is 1.79. The first-order valence-electron chi connectivity index (χ1n) is 4.61. The summed E-state index contributed by atoms with van der Waals surface area (Å²) in [5, 5.41) is 9.76. The Morgan fingerprint density at radius 2 is 2.00 bits per heavy atom. The van der Waals surface area contributed by atoms with E-state index in [1.807, 2.05) is 0 Å². The summed E-state index contributed by atoms with van der Waals surface area (Å²) in [5.41, 5.74) is 0. The normalized spacial score (nSPS) is 66.0. The van der Waals surface area contributed by atoms with Gasteiger partial charge in [-0.3, -0.25) is 0 Å². The molecule has 1 N–H and O–H groups in total. The van der Waals surface area contributed by atoms with Crippen LogP contribution < -0.4 is 0 Å². The summed E-state index contributed by atoms with van der Waals surface area (Å²) in [7, 11) is 0. The lowest BCUT2D eigenvalue weighted by Gasteiger charge is -2.29. The standard InChI is InChI=1S/C9H13BrO/c10-8-7-4-1-2-5(7)6(3-4)9(8)11/h4-9,11H,1-3H2. The Balaban J connectivity index is 1.99. The maximum atomic E-state index is 9.76. The molecule has 0 aliphatic heterocycles. The summed E-state index contributed by atoms with van der Waals surface area (Å²) in [6.45, 7) is 0. The van der Waals surface area contributed by atoms with Gasteiger partial charge in [0.05, 0.1) is 6.10 Å². The molecule has 6 unspecified atom stereocenters. The Kier molecular flexibility index (Phi) is 1.27. The van der Waals surface area contributed by atoms with Crippen LogP contribution in [-0.2, 0) is 0 Å². The van der Waals surface area contributed by atoms with Gasteiger partial charge in [0.25, 0.3) is 0 Å². The largest absolute Gasteiger partial charge is 0.392 e. The fourth-order valence-corrected chi connectivity index (χ4v) is 5.01. The number of hydrogen-bond donors (Lipinski definition) is 1. The minimum Gasteiger partial charge on any atom is -0.392 e. The predicted molar refractivity (Wildman–Crippen MR) is 46.5 cm³/mol. The molecule has 6 atom stereocenters. The van der Waals surface area contributed by atoms with Gasteiger partial charge in [0, 0.05) is 4.83 Å². The van der Waals surface area contributed by atoms with Gasteiger partial charge in [0.1, 0.15) is 0 Å². The topological polar surface area (TPSA) is 20.2 Å². The van der Waals surface area contributed by atoms with Gasteiger partial charge in [-0.1, -0.05) is 15.9 Å². The number of aliphatic hydroxyl groups is 1. The van der Waals surface area contributed by atoms with Gasteiger partial charge in [-0.25, -0.2) is 0 Å². The lowest BCUT2D eigenvalue weighted by Crippen LogP contribution is -2.32. The molecule has 4 bridgehead atoms. The van der Waals surface area contributed by atoms with Crippen LogP contribution in [0.1, 0.15) is 19.3 Å². The number of rotatable bonds is 0. The van der Waals surface area contributed by atoms with Crippen molar-refractivity contribution in [3.8, 4) is 0 Å². The van der Waals surface area contributed by atoms with Crippen molar-refractivity contribution >= 4 is 15.9 Å². The van der Waals surface area contributed by atoms with Crippen LogP contribution in [0.4, 0.5) is 0 Å². The number of halogens is 1. The first-order valence-corrected chi connectivity index (χ1v) is 5.53. The van der Waals surface area contributed by atoms with Crippen molar-refractivity contribution in [2.45, 2.75) is 30.2 Å². The highest BCUT2D eigenvalue weighted by Crippen LogP contribution is 2.62. The average Bonchev–Trinajstić information content (AvgIpc) is 2.61. The second-order valence-electron chi connectivity index (χ2n) is 4.41. The molecule has 3 saturated carbocycles. The molecule has 3 rings (SSSR count). The summed E-state index contributed by atoms with van der Waals surface area (Å²) in [6, 6.07) is 0. The van der Waals surface area contributed by atoms with Gasteiger partial charge >= 0.3 is 0 Å². The van der Waals surface area contributed by atoms with Gasteiger partial charge in [-0.15, -0.1) is 0 Å². The van der Waals surface area contributed by atoms with E-state index in [-0.39, 0.29) is 6.10 Å². The molecule has 1 nitrogen and oxygen atoms in total. The molecule has 0 aromatic carbocycles. The van der Waals surface area contributed by atoms with Crippen LogP contribution in [0.25, 0.3) is 0 Å². The second-order valence-corrected chi connectivity index (χ2v) is 5.47. The fourth-order valence-electron chi connectivity index (χ4n) is 3.79. The molecule has 3 aliphatic carbocycles. The molecule has 0 amide bonds. The van der Waals surface area contributed by atoms with Crippen LogP contribution in [0, 0.1) is 23.7 Å². The van der Waals surface area contributed by atoms with Gasteiger partial charge < -0.3 is 5.11 Å². The first kappa shape index (κ1) is 6.90. The summed E-state index contributed by atoms with van der Waals surface area (Å²) in [4.78, 5) is 0.429. The van der Waals surface area contributed by atoms with Crippen molar-refractivity contribution in [1.82, 2.24) is 0 Å². The SMILES string of the molecule is OC1C(Br)C2C3CCC2C1C3. The third kappa shape index (κ3) is 0.665. The Labute approximate surface area is 75.3 Å². The highest BCUT2D eigenvalue weighted by molar-refractivity contribution is 9.09. The van der Waals surface area contributed by atoms with Crippen LogP contribution in [-0.4, -0.2) is 16.0 Å². The van der Waals surface area contributed by atoms with E-state index in [2.05, 4.69) is 15.9 Å². The maximum Gasteiger partial charge on any atom is 0.0699 e. The van der Waals surface area contributed by atoms with E-state index in [0.29, 0.717) is 10.7 Å². The van der Waals surface area contributed by atoms with Crippen LogP contribution in [0.15, 0.2) is 0 Å². The molecule has 0 aromatic rings. The molecule has 0 heterocycles. The fraction of sp³-hybridized carbons (Fsp3) is 1.00. The molecule has 0 aromatic heterocycles. The summed E-state index contributed by atoms with van der Waals surface area (Å²) in [6.07, 6.45) is 4.11. The highest BCUT2D eigenvalue weighted by Gasteiger charge is 2.60. The monoisotopic (exact) mass is 216 g/mol. The molecule has 2 heteroatoms. The smallest absolute Gasteiger partial charge is 0.0699 e. The first-order chi connectivity index (χ1) is 5.29. The van der Waals surface area contributed by atoms with Gasteiger partial charge in [0.15, 0.2) is 0 Å². The molecule has 0 spiro atoms. The molecule has 11 heavy (non-hydrogen) atoms. The van der Waals surface area contributed by atoms with Gasteiger partial charge in [-0.05, 0) is 42.9 Å².